The van der Waals surface area contributed by atoms with Gasteiger partial charge in [-0.3, -0.25) is 0 Å². The number of aryl methyl sites for hydroxylation is 1. The van der Waals surface area contributed by atoms with Gasteiger partial charge in [0.05, 0.1) is 19.8 Å². The van der Waals surface area contributed by atoms with E-state index in [2.05, 4.69) is 11.9 Å². The second-order valence-corrected chi connectivity index (χ2v) is 5.14. The number of nitrogens with two attached hydrogens (primary N) is 1. The lowest BCUT2D eigenvalue weighted by Gasteiger charge is -2.32. The van der Waals surface area contributed by atoms with Gasteiger partial charge in [0.1, 0.15) is 11.5 Å². The van der Waals surface area contributed by atoms with Crippen LogP contribution in [0.5, 0.6) is 0 Å². The minimum Gasteiger partial charge on any atom is -0.465 e. The summed E-state index contributed by atoms with van der Waals surface area (Å²) in [5.74, 6) is 1.76. The molecule has 1 aromatic rings. The molecular formula is C14H24N2O2. The Morgan fingerprint density at radius 1 is 1.50 bits per heavy atom. The number of hydrogen-bond donors (Lipinski definition) is 1. The molecule has 0 aromatic carbocycles. The lowest BCUT2D eigenvalue weighted by Crippen LogP contribution is -2.39. The first-order valence-electron chi connectivity index (χ1n) is 6.77. The number of likely N-dealkylation sites (N-methyl/N-ethyl adjacent to an activating group) is 1. The molecule has 1 aliphatic rings. The summed E-state index contributed by atoms with van der Waals surface area (Å²) >= 11 is 0. The van der Waals surface area contributed by atoms with Gasteiger partial charge in [0.25, 0.3) is 0 Å². The average Bonchev–Trinajstić information content (AvgIpc) is 2.73. The van der Waals surface area contributed by atoms with Crippen LogP contribution in [0.1, 0.15) is 36.3 Å². The average molecular weight is 252 g/mol. The molecule has 1 saturated heterocycles. The summed E-state index contributed by atoms with van der Waals surface area (Å²) in [6, 6.07) is 2.57. The van der Waals surface area contributed by atoms with E-state index in [1.165, 1.54) is 25.8 Å². The molecule has 0 aliphatic carbocycles. The van der Waals surface area contributed by atoms with Crippen molar-refractivity contribution in [3.05, 3.63) is 23.2 Å². The lowest BCUT2D eigenvalue weighted by atomic mass is 10.0. The normalized spacial score (nSPS) is 21.4. The first-order valence-corrected chi connectivity index (χ1v) is 6.77. The third-order valence-corrected chi connectivity index (χ3v) is 3.76. The zero-order valence-electron chi connectivity index (χ0n) is 11.4. The maximum atomic E-state index is 5.83. The Labute approximate surface area is 109 Å². The summed E-state index contributed by atoms with van der Waals surface area (Å²) in [5.41, 5.74) is 6.67. The maximum Gasteiger partial charge on any atom is 0.118 e. The molecule has 1 aromatic heterocycles. The van der Waals surface area contributed by atoms with Crippen LogP contribution in [0.15, 0.2) is 10.5 Å². The number of piperidine rings is 1. The van der Waals surface area contributed by atoms with E-state index in [4.69, 9.17) is 14.9 Å². The molecule has 0 spiro atoms. The maximum absolute atomic E-state index is 5.83. The molecular weight excluding hydrogens is 228 g/mol. The van der Waals surface area contributed by atoms with Crippen molar-refractivity contribution in [3.63, 3.8) is 0 Å². The molecule has 4 heteroatoms. The fraction of sp³-hybridized carbons (Fsp3) is 0.714. The minimum atomic E-state index is 0.451. The van der Waals surface area contributed by atoms with Crippen molar-refractivity contribution in [2.75, 3.05) is 20.2 Å². The highest BCUT2D eigenvalue weighted by molar-refractivity contribution is 5.19. The fourth-order valence-corrected chi connectivity index (χ4v) is 2.49. The van der Waals surface area contributed by atoms with Crippen LogP contribution < -0.4 is 5.73 Å². The Kier molecular flexibility index (Phi) is 4.80. The van der Waals surface area contributed by atoms with Crippen molar-refractivity contribution in [1.82, 2.24) is 4.90 Å². The SMILES string of the molecule is Cc1oc(CN)cc1COCC1CCCCN1C. The molecule has 0 amide bonds. The van der Waals surface area contributed by atoms with Crippen LogP contribution in [0, 0.1) is 6.92 Å². The molecule has 0 bridgehead atoms. The number of hydrogen-bond acceptors (Lipinski definition) is 4. The number of furan rings is 1. The zero-order chi connectivity index (χ0) is 13.0. The third-order valence-electron chi connectivity index (χ3n) is 3.76. The van der Waals surface area contributed by atoms with Crippen LogP contribution >= 0.6 is 0 Å². The Bertz CT molecular complexity index is 376. The molecule has 1 atom stereocenters. The molecule has 102 valence electrons. The lowest BCUT2D eigenvalue weighted by molar-refractivity contribution is 0.0440. The highest BCUT2D eigenvalue weighted by Gasteiger charge is 2.19. The molecule has 2 rings (SSSR count). The van der Waals surface area contributed by atoms with E-state index in [-0.39, 0.29) is 0 Å². The highest BCUT2D eigenvalue weighted by atomic mass is 16.5. The van der Waals surface area contributed by atoms with Gasteiger partial charge in [-0.15, -0.1) is 0 Å². The van der Waals surface area contributed by atoms with Crippen LogP contribution in [0.3, 0.4) is 0 Å². The van der Waals surface area contributed by atoms with Gasteiger partial charge < -0.3 is 19.8 Å². The fourth-order valence-electron chi connectivity index (χ4n) is 2.49. The minimum absolute atomic E-state index is 0.451. The van der Waals surface area contributed by atoms with E-state index >= 15 is 0 Å². The summed E-state index contributed by atoms with van der Waals surface area (Å²) in [4.78, 5) is 2.40. The van der Waals surface area contributed by atoms with E-state index in [1.807, 2.05) is 13.0 Å². The van der Waals surface area contributed by atoms with Crippen molar-refractivity contribution >= 4 is 0 Å². The van der Waals surface area contributed by atoms with Crippen molar-refractivity contribution in [2.24, 2.45) is 5.73 Å². The van der Waals surface area contributed by atoms with E-state index < -0.39 is 0 Å². The summed E-state index contributed by atoms with van der Waals surface area (Å²) in [7, 11) is 2.18. The Morgan fingerprint density at radius 2 is 2.33 bits per heavy atom. The van der Waals surface area contributed by atoms with E-state index in [0.29, 0.717) is 19.2 Å². The standard InChI is InChI=1S/C14H24N2O2/c1-11-12(7-14(8-15)18-11)9-17-10-13-5-3-4-6-16(13)2/h7,13H,3-6,8-10,15H2,1-2H3. The van der Waals surface area contributed by atoms with Gasteiger partial charge in [0, 0.05) is 11.6 Å². The second kappa shape index (κ2) is 6.36. The molecule has 2 heterocycles. The van der Waals surface area contributed by atoms with Crippen molar-refractivity contribution in [2.45, 2.75) is 45.4 Å². The number of likely N-dealkylation sites (tertiary alicyclic amines) is 1. The smallest absolute Gasteiger partial charge is 0.118 e. The van der Waals surface area contributed by atoms with Crippen LogP contribution in [0.2, 0.25) is 0 Å². The predicted molar refractivity (Wildman–Crippen MR) is 71.3 cm³/mol. The highest BCUT2D eigenvalue weighted by Crippen LogP contribution is 2.18. The van der Waals surface area contributed by atoms with Crippen LogP contribution in [0.25, 0.3) is 0 Å². The van der Waals surface area contributed by atoms with Crippen molar-refractivity contribution in [3.8, 4) is 0 Å². The summed E-state index contributed by atoms with van der Waals surface area (Å²) < 4.78 is 11.3. The Balaban J connectivity index is 1.78. The van der Waals surface area contributed by atoms with Crippen molar-refractivity contribution < 1.29 is 9.15 Å². The monoisotopic (exact) mass is 252 g/mol. The van der Waals surface area contributed by atoms with E-state index in [9.17, 15) is 0 Å². The predicted octanol–water partition coefficient (Wildman–Crippen LogP) is 2.05. The molecule has 1 fully saturated rings. The van der Waals surface area contributed by atoms with Crippen LogP contribution in [0.4, 0.5) is 0 Å². The number of nitrogens with zero attached hydrogens (tertiary/aromatic N) is 1. The van der Waals surface area contributed by atoms with E-state index in [0.717, 1.165) is 23.7 Å². The van der Waals surface area contributed by atoms with Gasteiger partial charge in [-0.25, -0.2) is 0 Å². The third kappa shape index (κ3) is 3.34. The quantitative estimate of drug-likeness (QED) is 0.871. The van der Waals surface area contributed by atoms with Gasteiger partial charge >= 0.3 is 0 Å². The summed E-state index contributed by atoms with van der Waals surface area (Å²) in [5, 5.41) is 0. The topological polar surface area (TPSA) is 51.6 Å². The molecule has 0 saturated carbocycles. The van der Waals surface area contributed by atoms with Gasteiger partial charge in [-0.1, -0.05) is 6.42 Å². The van der Waals surface area contributed by atoms with Crippen molar-refractivity contribution in [1.29, 1.82) is 0 Å². The Morgan fingerprint density at radius 3 is 3.00 bits per heavy atom. The number of ether oxygens (including phenoxy) is 1. The molecule has 0 radical (unpaired) electrons. The summed E-state index contributed by atoms with van der Waals surface area (Å²) in [6.45, 7) is 5.03. The molecule has 18 heavy (non-hydrogen) atoms. The van der Waals surface area contributed by atoms with Crippen LogP contribution in [-0.4, -0.2) is 31.1 Å². The molecule has 1 unspecified atom stereocenters. The van der Waals surface area contributed by atoms with E-state index in [1.54, 1.807) is 0 Å². The van der Waals surface area contributed by atoms with Gasteiger partial charge in [-0.2, -0.15) is 0 Å². The molecule has 1 aliphatic heterocycles. The zero-order valence-corrected chi connectivity index (χ0v) is 11.4. The van der Waals surface area contributed by atoms with Crippen LogP contribution in [-0.2, 0) is 17.9 Å². The van der Waals surface area contributed by atoms with Gasteiger partial charge in [0.15, 0.2) is 0 Å². The Hall–Kier alpha value is -0.840. The number of rotatable bonds is 5. The molecule has 4 nitrogen and oxygen atoms in total. The first-order chi connectivity index (χ1) is 8.70. The molecule has 2 N–H and O–H groups in total. The van der Waals surface area contributed by atoms with Gasteiger partial charge in [0.2, 0.25) is 0 Å². The summed E-state index contributed by atoms with van der Waals surface area (Å²) in [6.07, 6.45) is 3.88. The largest absolute Gasteiger partial charge is 0.465 e. The second-order valence-electron chi connectivity index (χ2n) is 5.14. The van der Waals surface area contributed by atoms with Gasteiger partial charge in [-0.05, 0) is 39.4 Å². The first kappa shape index (κ1) is 13.6.